The summed E-state index contributed by atoms with van der Waals surface area (Å²) in [4.78, 5) is 16.8. The first kappa shape index (κ1) is 21.6. The summed E-state index contributed by atoms with van der Waals surface area (Å²) in [6, 6.07) is 7.94. The molecule has 0 saturated carbocycles. The molecule has 0 radical (unpaired) electrons. The highest BCUT2D eigenvalue weighted by Gasteiger charge is 2.23. The third kappa shape index (κ3) is 6.47. The molecule has 2 rings (SSSR count). The minimum absolute atomic E-state index is 0.160. The first-order valence-corrected chi connectivity index (χ1v) is 9.46. The van der Waals surface area contributed by atoms with Crippen LogP contribution in [0.3, 0.4) is 0 Å². The molecule has 2 aromatic rings. The molecular weight excluding hydrogens is 385 g/mol. The van der Waals surface area contributed by atoms with Crippen molar-refractivity contribution < 1.29 is 9.90 Å². The molecular formula is C20H25Cl2N3O2. The zero-order chi connectivity index (χ0) is 20.2. The van der Waals surface area contributed by atoms with Crippen LogP contribution >= 0.6 is 23.2 Å². The Balaban J connectivity index is 2.12. The Morgan fingerprint density at radius 1 is 1.26 bits per heavy atom. The lowest BCUT2D eigenvalue weighted by molar-refractivity contribution is 0.0916. The maximum Gasteiger partial charge on any atom is 0.253 e. The van der Waals surface area contributed by atoms with E-state index in [0.717, 1.165) is 5.56 Å². The predicted octanol–water partition coefficient (Wildman–Crippen LogP) is 3.39. The second-order valence-corrected chi connectivity index (χ2v) is 8.42. The molecule has 2 atom stereocenters. The van der Waals surface area contributed by atoms with E-state index in [2.05, 4.69) is 10.3 Å². The van der Waals surface area contributed by atoms with Crippen LogP contribution in [0.5, 0.6) is 0 Å². The molecule has 146 valence electrons. The third-order valence-electron chi connectivity index (χ3n) is 3.98. The largest absolute Gasteiger partial charge is 0.391 e. The van der Waals surface area contributed by atoms with Gasteiger partial charge in [-0.1, -0.05) is 23.2 Å². The average molecular weight is 410 g/mol. The van der Waals surface area contributed by atoms with Gasteiger partial charge in [0, 0.05) is 34.2 Å². The van der Waals surface area contributed by atoms with Crippen LogP contribution in [-0.2, 0) is 12.8 Å². The first-order valence-electron chi connectivity index (χ1n) is 8.71. The number of benzene rings is 1. The number of pyridine rings is 1. The molecule has 1 heterocycles. The monoisotopic (exact) mass is 409 g/mol. The first-order chi connectivity index (χ1) is 12.6. The lowest BCUT2D eigenvalue weighted by Gasteiger charge is -2.23. The molecule has 5 nitrogen and oxygen atoms in total. The van der Waals surface area contributed by atoms with Crippen molar-refractivity contribution in [2.24, 2.45) is 5.73 Å². The van der Waals surface area contributed by atoms with Gasteiger partial charge >= 0.3 is 0 Å². The number of carbonyl (C=O) groups excluding carboxylic acids is 1. The molecule has 0 bridgehead atoms. The normalized spacial score (nSPS) is 13.9. The lowest BCUT2D eigenvalue weighted by atomic mass is 9.97. The zero-order valence-corrected chi connectivity index (χ0v) is 17.2. The topological polar surface area (TPSA) is 88.2 Å². The molecule has 7 heteroatoms. The van der Waals surface area contributed by atoms with Crippen LogP contribution < -0.4 is 11.1 Å². The molecule has 27 heavy (non-hydrogen) atoms. The van der Waals surface area contributed by atoms with E-state index < -0.39 is 12.1 Å². The van der Waals surface area contributed by atoms with Crippen LogP contribution in [0.4, 0.5) is 0 Å². The number of carbonyl (C=O) groups is 1. The maximum absolute atomic E-state index is 12.5. The van der Waals surface area contributed by atoms with Crippen molar-refractivity contribution in [3.05, 3.63) is 63.4 Å². The third-order valence-corrected chi connectivity index (χ3v) is 4.59. The highest BCUT2D eigenvalue weighted by Crippen LogP contribution is 2.22. The molecule has 0 saturated heterocycles. The Morgan fingerprint density at radius 3 is 2.63 bits per heavy atom. The summed E-state index contributed by atoms with van der Waals surface area (Å²) in [7, 11) is 0. The lowest BCUT2D eigenvalue weighted by Crippen LogP contribution is -2.42. The fraction of sp³-hybridized carbons (Fsp3) is 0.400. The molecule has 0 aliphatic heterocycles. The quantitative estimate of drug-likeness (QED) is 0.681. The summed E-state index contributed by atoms with van der Waals surface area (Å²) in [5, 5.41) is 14.6. The molecule has 0 spiro atoms. The molecule has 1 amide bonds. The van der Waals surface area contributed by atoms with Crippen LogP contribution in [0.25, 0.3) is 0 Å². The number of halogens is 2. The number of nitrogens with one attached hydrogen (secondary N) is 1. The molecule has 0 fully saturated rings. The highest BCUT2D eigenvalue weighted by molar-refractivity contribution is 6.33. The van der Waals surface area contributed by atoms with E-state index in [1.165, 1.54) is 0 Å². The predicted molar refractivity (Wildman–Crippen MR) is 109 cm³/mol. The summed E-state index contributed by atoms with van der Waals surface area (Å²) in [6.07, 6.45) is 1.22. The SMILES string of the molecule is CC(C)(C)NC(=O)c1cccnc1C[C@H](O)[C@H](N)Cc1cc(Cl)ccc1Cl. The number of nitrogens with two attached hydrogens (primary N) is 1. The van der Waals surface area contributed by atoms with Crippen molar-refractivity contribution in [2.45, 2.75) is 51.3 Å². The highest BCUT2D eigenvalue weighted by atomic mass is 35.5. The van der Waals surface area contributed by atoms with Crippen molar-refractivity contribution in [3.63, 3.8) is 0 Å². The average Bonchev–Trinajstić information content (AvgIpc) is 2.57. The van der Waals surface area contributed by atoms with Crippen molar-refractivity contribution in [2.75, 3.05) is 0 Å². The van der Waals surface area contributed by atoms with Crippen LogP contribution in [0.2, 0.25) is 10.0 Å². The van der Waals surface area contributed by atoms with E-state index in [-0.39, 0.29) is 17.9 Å². The number of aromatic nitrogens is 1. The Morgan fingerprint density at radius 2 is 1.96 bits per heavy atom. The number of aliphatic hydroxyl groups excluding tert-OH is 1. The fourth-order valence-electron chi connectivity index (χ4n) is 2.65. The number of aliphatic hydroxyl groups is 1. The number of rotatable bonds is 6. The molecule has 0 aliphatic rings. The van der Waals surface area contributed by atoms with Gasteiger partial charge in [0.1, 0.15) is 0 Å². The van der Waals surface area contributed by atoms with E-state index in [9.17, 15) is 9.90 Å². The van der Waals surface area contributed by atoms with Crippen LogP contribution in [-0.4, -0.2) is 33.7 Å². The minimum Gasteiger partial charge on any atom is -0.391 e. The summed E-state index contributed by atoms with van der Waals surface area (Å²) in [5.74, 6) is -0.232. The summed E-state index contributed by atoms with van der Waals surface area (Å²) >= 11 is 12.2. The second kappa shape index (κ2) is 9.02. The molecule has 0 unspecified atom stereocenters. The van der Waals surface area contributed by atoms with Gasteiger partial charge in [-0.25, -0.2) is 0 Å². The van der Waals surface area contributed by atoms with E-state index >= 15 is 0 Å². The Bertz CT molecular complexity index is 806. The Labute approximate surface area is 169 Å². The van der Waals surface area contributed by atoms with E-state index in [1.807, 2.05) is 20.8 Å². The van der Waals surface area contributed by atoms with Crippen LogP contribution in [0, 0.1) is 0 Å². The van der Waals surface area contributed by atoms with Gasteiger partial charge in [0.25, 0.3) is 5.91 Å². The Kier molecular flexibility index (Phi) is 7.23. The second-order valence-electron chi connectivity index (χ2n) is 7.58. The molecule has 1 aromatic carbocycles. The van der Waals surface area contributed by atoms with Crippen molar-refractivity contribution in [3.8, 4) is 0 Å². The maximum atomic E-state index is 12.5. The number of amides is 1. The van der Waals surface area contributed by atoms with Crippen molar-refractivity contribution in [1.29, 1.82) is 0 Å². The van der Waals surface area contributed by atoms with E-state index in [1.54, 1.807) is 36.5 Å². The van der Waals surface area contributed by atoms with Gasteiger partial charge in [-0.3, -0.25) is 9.78 Å². The fourth-order valence-corrected chi connectivity index (χ4v) is 3.04. The smallest absolute Gasteiger partial charge is 0.253 e. The van der Waals surface area contributed by atoms with Gasteiger partial charge in [-0.2, -0.15) is 0 Å². The Hall–Kier alpha value is -1.66. The van der Waals surface area contributed by atoms with Crippen molar-refractivity contribution >= 4 is 29.1 Å². The molecule has 4 N–H and O–H groups in total. The summed E-state index contributed by atoms with van der Waals surface area (Å²) in [6.45, 7) is 5.71. The van der Waals surface area contributed by atoms with E-state index in [0.29, 0.717) is 27.7 Å². The minimum atomic E-state index is -0.892. The van der Waals surface area contributed by atoms with Gasteiger partial charge < -0.3 is 16.2 Å². The summed E-state index contributed by atoms with van der Waals surface area (Å²) < 4.78 is 0. The molecule has 1 aromatic heterocycles. The number of hydrogen-bond acceptors (Lipinski definition) is 4. The van der Waals surface area contributed by atoms with Gasteiger partial charge in [0.15, 0.2) is 0 Å². The standard InChI is InChI=1S/C20H25Cl2N3O2/c1-20(2,3)25-19(27)14-5-4-8-24-17(14)11-18(26)16(23)10-12-9-13(21)6-7-15(12)22/h4-9,16,18,26H,10-11,23H2,1-3H3,(H,25,27)/t16-,18+/m1/s1. The van der Waals surface area contributed by atoms with Gasteiger partial charge in [-0.05, 0) is 63.1 Å². The summed E-state index contributed by atoms with van der Waals surface area (Å²) in [5.41, 5.74) is 7.49. The zero-order valence-electron chi connectivity index (χ0n) is 15.7. The van der Waals surface area contributed by atoms with Crippen molar-refractivity contribution in [1.82, 2.24) is 10.3 Å². The van der Waals surface area contributed by atoms with E-state index in [4.69, 9.17) is 28.9 Å². The number of hydrogen-bond donors (Lipinski definition) is 3. The van der Waals surface area contributed by atoms with Gasteiger partial charge in [0.2, 0.25) is 0 Å². The van der Waals surface area contributed by atoms with Gasteiger partial charge in [-0.15, -0.1) is 0 Å². The molecule has 0 aliphatic carbocycles. The van der Waals surface area contributed by atoms with Crippen LogP contribution in [0.1, 0.15) is 42.4 Å². The van der Waals surface area contributed by atoms with Gasteiger partial charge in [0.05, 0.1) is 17.4 Å². The number of nitrogens with zero attached hydrogens (tertiary/aromatic N) is 1. The van der Waals surface area contributed by atoms with Crippen LogP contribution in [0.15, 0.2) is 36.5 Å².